The van der Waals surface area contributed by atoms with Gasteiger partial charge in [-0.3, -0.25) is 0 Å². The van der Waals surface area contributed by atoms with E-state index in [2.05, 4.69) is 0 Å². The monoisotopic (exact) mass is 256 g/mol. The second kappa shape index (κ2) is 4.12. The Morgan fingerprint density at radius 1 is 1.25 bits per heavy atom. The van der Waals surface area contributed by atoms with Crippen molar-refractivity contribution in [2.45, 2.75) is 37.5 Å². The Kier molecular flexibility index (Phi) is 2.76. The number of alkyl halides is 1. The van der Waals surface area contributed by atoms with Crippen molar-refractivity contribution in [3.05, 3.63) is 27.8 Å². The summed E-state index contributed by atoms with van der Waals surface area (Å²) in [6, 6.07) is 2.05. The molecule has 1 aliphatic carbocycles. The van der Waals surface area contributed by atoms with E-state index in [0.29, 0.717) is 0 Å². The predicted molar refractivity (Wildman–Crippen MR) is 66.8 cm³/mol. The molecule has 1 unspecified atom stereocenters. The van der Waals surface area contributed by atoms with Crippen LogP contribution in [0.3, 0.4) is 0 Å². The number of hydrogen-bond acceptors (Lipinski definition) is 1. The summed E-state index contributed by atoms with van der Waals surface area (Å²) in [6.07, 6.45) is 5.42. The minimum absolute atomic E-state index is 0.0551. The summed E-state index contributed by atoms with van der Waals surface area (Å²) in [5, 5.41) is 0.889. The Hall–Kier alpha value is -0.400. The molecule has 3 heteroatoms. The van der Waals surface area contributed by atoms with Gasteiger partial charge in [-0.15, -0.1) is 11.6 Å². The summed E-state index contributed by atoms with van der Waals surface area (Å²) in [5.74, 6) is 1.08. The van der Waals surface area contributed by atoms with Gasteiger partial charge in [-0.1, -0.05) is 18.0 Å². The van der Waals surface area contributed by atoms with Crippen LogP contribution in [0.15, 0.2) is 6.07 Å². The lowest BCUT2D eigenvalue weighted by molar-refractivity contribution is 0.353. The van der Waals surface area contributed by atoms with Crippen LogP contribution in [0.5, 0.6) is 5.75 Å². The van der Waals surface area contributed by atoms with Gasteiger partial charge < -0.3 is 4.74 Å². The second-order valence-corrected chi connectivity index (χ2v) is 5.48. The quantitative estimate of drug-likeness (QED) is 0.498. The van der Waals surface area contributed by atoms with Gasteiger partial charge in [-0.05, 0) is 36.5 Å². The highest BCUT2D eigenvalue weighted by Gasteiger charge is 2.27. The first-order chi connectivity index (χ1) is 7.77. The third-order valence-electron chi connectivity index (χ3n) is 3.51. The maximum atomic E-state index is 6.42. The summed E-state index contributed by atoms with van der Waals surface area (Å²) in [4.78, 5) is 0. The van der Waals surface area contributed by atoms with Crippen LogP contribution in [0.25, 0.3) is 0 Å². The zero-order valence-corrected chi connectivity index (χ0v) is 10.6. The minimum Gasteiger partial charge on any atom is -0.493 e. The van der Waals surface area contributed by atoms with Crippen molar-refractivity contribution in [2.24, 2.45) is 0 Å². The Balaban J connectivity index is 2.21. The highest BCUT2D eigenvalue weighted by Crippen LogP contribution is 2.45. The Labute approximate surface area is 106 Å². The number of hydrogen-bond donors (Lipinski definition) is 0. The van der Waals surface area contributed by atoms with Crippen molar-refractivity contribution in [3.63, 3.8) is 0 Å². The Morgan fingerprint density at radius 3 is 3.00 bits per heavy atom. The van der Waals surface area contributed by atoms with Gasteiger partial charge in [0.1, 0.15) is 5.75 Å². The van der Waals surface area contributed by atoms with E-state index >= 15 is 0 Å². The number of rotatable bonds is 0. The van der Waals surface area contributed by atoms with E-state index in [-0.39, 0.29) is 5.38 Å². The molecule has 86 valence electrons. The normalized spacial score (nSPS) is 23.2. The number of benzene rings is 1. The van der Waals surface area contributed by atoms with Crippen LogP contribution in [-0.2, 0) is 12.8 Å². The SMILES string of the molecule is Clc1cc2c(c3c1C(Cl)CCCC3)OCC2. The third-order valence-corrected chi connectivity index (χ3v) is 4.26. The molecular formula is C13H14Cl2O. The fraction of sp³-hybridized carbons (Fsp3) is 0.538. The molecule has 1 aliphatic heterocycles. The van der Waals surface area contributed by atoms with Crippen LogP contribution in [0.4, 0.5) is 0 Å². The predicted octanol–water partition coefficient (Wildman–Crippen LogP) is 4.28. The molecule has 0 bridgehead atoms. The van der Waals surface area contributed by atoms with E-state index in [4.69, 9.17) is 27.9 Å². The number of halogens is 2. The van der Waals surface area contributed by atoms with Crippen molar-refractivity contribution in [1.82, 2.24) is 0 Å². The van der Waals surface area contributed by atoms with Crippen LogP contribution in [0.1, 0.15) is 41.3 Å². The zero-order chi connectivity index (χ0) is 11.1. The topological polar surface area (TPSA) is 9.23 Å². The van der Waals surface area contributed by atoms with Gasteiger partial charge in [0.15, 0.2) is 0 Å². The largest absolute Gasteiger partial charge is 0.493 e. The van der Waals surface area contributed by atoms with Gasteiger partial charge in [0.05, 0.1) is 12.0 Å². The number of fused-ring (bicyclic) bond motifs is 3. The fourth-order valence-electron chi connectivity index (χ4n) is 2.74. The highest BCUT2D eigenvalue weighted by molar-refractivity contribution is 6.33. The standard InChI is InChI=1S/C13H14Cl2O/c14-10-4-2-1-3-9-12(10)11(15)7-8-5-6-16-13(8)9/h7,10H,1-6H2. The average molecular weight is 257 g/mol. The van der Waals surface area contributed by atoms with Gasteiger partial charge in [0, 0.05) is 17.0 Å². The summed E-state index contributed by atoms with van der Waals surface area (Å²) >= 11 is 12.8. The summed E-state index contributed by atoms with van der Waals surface area (Å²) in [6.45, 7) is 0.787. The van der Waals surface area contributed by atoms with Crippen LogP contribution < -0.4 is 4.74 Å². The molecule has 0 N–H and O–H groups in total. The van der Waals surface area contributed by atoms with Crippen molar-refractivity contribution in [3.8, 4) is 5.75 Å². The van der Waals surface area contributed by atoms with Crippen LogP contribution >= 0.6 is 23.2 Å². The molecule has 1 aromatic rings. The second-order valence-electron chi connectivity index (χ2n) is 4.55. The molecule has 2 aliphatic rings. The molecule has 0 spiro atoms. The van der Waals surface area contributed by atoms with Crippen molar-refractivity contribution >= 4 is 23.2 Å². The molecule has 0 radical (unpaired) electrons. The molecule has 3 rings (SSSR count). The molecular weight excluding hydrogens is 243 g/mol. The smallest absolute Gasteiger partial charge is 0.126 e. The number of ether oxygens (including phenoxy) is 1. The van der Waals surface area contributed by atoms with Gasteiger partial charge in [-0.25, -0.2) is 0 Å². The average Bonchev–Trinajstić information content (AvgIpc) is 2.62. The molecule has 1 aromatic carbocycles. The lowest BCUT2D eigenvalue weighted by Crippen LogP contribution is -1.99. The van der Waals surface area contributed by atoms with E-state index in [9.17, 15) is 0 Å². The first-order valence-electron chi connectivity index (χ1n) is 5.88. The highest BCUT2D eigenvalue weighted by atomic mass is 35.5. The summed E-state index contributed by atoms with van der Waals surface area (Å²) < 4.78 is 5.74. The van der Waals surface area contributed by atoms with Crippen molar-refractivity contribution < 1.29 is 4.74 Å². The fourth-order valence-corrected chi connectivity index (χ4v) is 3.58. The molecule has 1 atom stereocenters. The van der Waals surface area contributed by atoms with E-state index < -0.39 is 0 Å². The minimum atomic E-state index is 0.0551. The molecule has 1 nitrogen and oxygen atoms in total. The first-order valence-corrected chi connectivity index (χ1v) is 6.70. The molecule has 0 saturated heterocycles. The van der Waals surface area contributed by atoms with E-state index in [1.807, 2.05) is 6.07 Å². The first kappa shape index (κ1) is 10.7. The molecule has 16 heavy (non-hydrogen) atoms. The van der Waals surface area contributed by atoms with Gasteiger partial charge in [0.25, 0.3) is 0 Å². The lowest BCUT2D eigenvalue weighted by atomic mass is 9.98. The lowest BCUT2D eigenvalue weighted by Gasteiger charge is -2.16. The van der Waals surface area contributed by atoms with Crippen molar-refractivity contribution in [1.29, 1.82) is 0 Å². The zero-order valence-electron chi connectivity index (χ0n) is 9.06. The molecule has 0 saturated carbocycles. The Morgan fingerprint density at radius 2 is 2.12 bits per heavy atom. The van der Waals surface area contributed by atoms with E-state index in [1.54, 1.807) is 0 Å². The van der Waals surface area contributed by atoms with E-state index in [1.165, 1.54) is 24.0 Å². The maximum absolute atomic E-state index is 6.42. The van der Waals surface area contributed by atoms with Crippen LogP contribution in [0, 0.1) is 0 Å². The van der Waals surface area contributed by atoms with Crippen molar-refractivity contribution in [2.75, 3.05) is 6.61 Å². The molecule has 1 heterocycles. The summed E-state index contributed by atoms with van der Waals surface area (Å²) in [7, 11) is 0. The molecule has 0 fully saturated rings. The third kappa shape index (κ3) is 1.61. The van der Waals surface area contributed by atoms with E-state index in [0.717, 1.165) is 42.2 Å². The maximum Gasteiger partial charge on any atom is 0.126 e. The van der Waals surface area contributed by atoms with Gasteiger partial charge in [0.2, 0.25) is 0 Å². The summed E-state index contributed by atoms with van der Waals surface area (Å²) in [5.41, 5.74) is 3.66. The molecule has 0 aromatic heterocycles. The Bertz CT molecular complexity index is 428. The molecule has 0 amide bonds. The van der Waals surface area contributed by atoms with Crippen LogP contribution in [0.2, 0.25) is 5.02 Å². The van der Waals surface area contributed by atoms with Gasteiger partial charge in [-0.2, -0.15) is 0 Å². The van der Waals surface area contributed by atoms with Gasteiger partial charge >= 0.3 is 0 Å². The van der Waals surface area contributed by atoms with Crippen LogP contribution in [-0.4, -0.2) is 6.61 Å².